The molecule has 0 fully saturated rings. The molecule has 1 aromatic heterocycles. The summed E-state index contributed by atoms with van der Waals surface area (Å²) in [7, 11) is 3.11. The molecule has 1 N–H and O–H groups in total. The standard InChI is InChI=1S/C19H26N4O3/c1-5-11-23(12-6-2)18-10-8-15(21-22-18)19(24)20-16-13-14(25-3)7-9-17(16)26-4/h7-10,13H,5-6,11-12H2,1-4H3,(H,20,24). The Hall–Kier alpha value is -2.83. The summed E-state index contributed by atoms with van der Waals surface area (Å²) in [4.78, 5) is 14.7. The molecule has 2 aromatic rings. The molecule has 0 spiro atoms. The van der Waals surface area contributed by atoms with Gasteiger partial charge < -0.3 is 19.7 Å². The summed E-state index contributed by atoms with van der Waals surface area (Å²) in [5, 5.41) is 11.1. The van der Waals surface area contributed by atoms with Crippen molar-refractivity contribution in [2.45, 2.75) is 26.7 Å². The second-order valence-electron chi connectivity index (χ2n) is 5.78. The summed E-state index contributed by atoms with van der Waals surface area (Å²) < 4.78 is 10.5. The van der Waals surface area contributed by atoms with Crippen LogP contribution < -0.4 is 19.7 Å². The Morgan fingerprint density at radius 2 is 1.77 bits per heavy atom. The lowest BCUT2D eigenvalue weighted by molar-refractivity contribution is 0.102. The third-order valence-corrected chi connectivity index (χ3v) is 3.85. The predicted molar refractivity (Wildman–Crippen MR) is 102 cm³/mol. The molecule has 7 heteroatoms. The van der Waals surface area contributed by atoms with E-state index in [4.69, 9.17) is 9.47 Å². The van der Waals surface area contributed by atoms with Gasteiger partial charge >= 0.3 is 0 Å². The number of amides is 1. The van der Waals surface area contributed by atoms with E-state index >= 15 is 0 Å². The summed E-state index contributed by atoms with van der Waals surface area (Å²) in [6.07, 6.45) is 2.05. The highest BCUT2D eigenvalue weighted by Crippen LogP contribution is 2.29. The Morgan fingerprint density at radius 1 is 1.04 bits per heavy atom. The van der Waals surface area contributed by atoms with Crippen molar-refractivity contribution in [3.05, 3.63) is 36.0 Å². The number of anilines is 2. The molecule has 1 amide bonds. The Morgan fingerprint density at radius 3 is 2.31 bits per heavy atom. The quantitative estimate of drug-likeness (QED) is 0.741. The van der Waals surface area contributed by atoms with E-state index in [0.717, 1.165) is 31.7 Å². The van der Waals surface area contributed by atoms with Gasteiger partial charge in [-0.15, -0.1) is 10.2 Å². The number of nitrogens with one attached hydrogen (secondary N) is 1. The van der Waals surface area contributed by atoms with Crippen molar-refractivity contribution < 1.29 is 14.3 Å². The van der Waals surface area contributed by atoms with Crippen molar-refractivity contribution in [1.29, 1.82) is 0 Å². The van der Waals surface area contributed by atoms with E-state index in [1.165, 1.54) is 0 Å². The molecule has 0 aliphatic carbocycles. The number of carbonyl (C=O) groups excluding carboxylic acids is 1. The number of hydrogen-bond acceptors (Lipinski definition) is 6. The van der Waals surface area contributed by atoms with Gasteiger partial charge in [0.25, 0.3) is 5.91 Å². The zero-order valence-electron chi connectivity index (χ0n) is 15.8. The van der Waals surface area contributed by atoms with Gasteiger partial charge in [-0.3, -0.25) is 4.79 Å². The smallest absolute Gasteiger partial charge is 0.276 e. The highest BCUT2D eigenvalue weighted by Gasteiger charge is 2.14. The molecule has 0 aliphatic rings. The van der Waals surface area contributed by atoms with E-state index in [1.807, 2.05) is 6.07 Å². The van der Waals surface area contributed by atoms with Crippen LogP contribution in [0.25, 0.3) is 0 Å². The summed E-state index contributed by atoms with van der Waals surface area (Å²) >= 11 is 0. The van der Waals surface area contributed by atoms with Gasteiger partial charge in [0.2, 0.25) is 0 Å². The third kappa shape index (κ3) is 4.84. The number of carbonyl (C=O) groups is 1. The van der Waals surface area contributed by atoms with Crippen LogP contribution in [-0.2, 0) is 0 Å². The maximum absolute atomic E-state index is 12.5. The molecule has 0 unspecified atom stereocenters. The lowest BCUT2D eigenvalue weighted by Gasteiger charge is -2.21. The van der Waals surface area contributed by atoms with Gasteiger partial charge in [-0.1, -0.05) is 13.8 Å². The summed E-state index contributed by atoms with van der Waals surface area (Å²) in [5.74, 6) is 1.59. The zero-order valence-corrected chi connectivity index (χ0v) is 15.8. The summed E-state index contributed by atoms with van der Waals surface area (Å²) in [6, 6.07) is 8.71. The van der Waals surface area contributed by atoms with Gasteiger partial charge in [-0.25, -0.2) is 0 Å². The van der Waals surface area contributed by atoms with Gasteiger partial charge in [0.15, 0.2) is 11.5 Å². The molecule has 0 bridgehead atoms. The van der Waals surface area contributed by atoms with Crippen LogP contribution in [0.1, 0.15) is 37.2 Å². The lowest BCUT2D eigenvalue weighted by atomic mass is 10.2. The van der Waals surface area contributed by atoms with E-state index < -0.39 is 0 Å². The van der Waals surface area contributed by atoms with E-state index in [-0.39, 0.29) is 11.6 Å². The second-order valence-corrected chi connectivity index (χ2v) is 5.78. The number of nitrogens with zero attached hydrogens (tertiary/aromatic N) is 3. The SMILES string of the molecule is CCCN(CCC)c1ccc(C(=O)Nc2cc(OC)ccc2OC)nn1. The molecule has 1 heterocycles. The molecule has 0 saturated heterocycles. The van der Waals surface area contributed by atoms with Crippen molar-refractivity contribution in [3.8, 4) is 11.5 Å². The molecule has 26 heavy (non-hydrogen) atoms. The van der Waals surface area contributed by atoms with Crippen LogP contribution in [0.2, 0.25) is 0 Å². The minimum absolute atomic E-state index is 0.242. The molecule has 2 rings (SSSR count). The van der Waals surface area contributed by atoms with Crippen LogP contribution in [0, 0.1) is 0 Å². The number of benzene rings is 1. The van der Waals surface area contributed by atoms with Crippen LogP contribution in [-0.4, -0.2) is 43.4 Å². The van der Waals surface area contributed by atoms with Crippen LogP contribution in [0.3, 0.4) is 0 Å². The normalized spacial score (nSPS) is 10.3. The van der Waals surface area contributed by atoms with E-state index in [9.17, 15) is 4.79 Å². The molecular formula is C19H26N4O3. The second kappa shape index (κ2) is 9.60. The minimum Gasteiger partial charge on any atom is -0.497 e. The first-order valence-electron chi connectivity index (χ1n) is 8.75. The first-order valence-corrected chi connectivity index (χ1v) is 8.75. The van der Waals surface area contributed by atoms with E-state index in [2.05, 4.69) is 34.3 Å². The fraction of sp³-hybridized carbons (Fsp3) is 0.421. The number of hydrogen-bond donors (Lipinski definition) is 1. The van der Waals surface area contributed by atoms with E-state index in [1.54, 1.807) is 38.5 Å². The van der Waals surface area contributed by atoms with Gasteiger partial charge in [0, 0.05) is 19.2 Å². The largest absolute Gasteiger partial charge is 0.497 e. The topological polar surface area (TPSA) is 76.6 Å². The highest BCUT2D eigenvalue weighted by atomic mass is 16.5. The summed E-state index contributed by atoms with van der Waals surface area (Å²) in [5.41, 5.74) is 0.757. The average molecular weight is 358 g/mol. The van der Waals surface area contributed by atoms with Crippen LogP contribution in [0.4, 0.5) is 11.5 Å². The van der Waals surface area contributed by atoms with Gasteiger partial charge in [-0.05, 0) is 37.1 Å². The zero-order chi connectivity index (χ0) is 18.9. The predicted octanol–water partition coefficient (Wildman–Crippen LogP) is 3.37. The molecule has 0 saturated carbocycles. The fourth-order valence-electron chi connectivity index (χ4n) is 2.59. The summed E-state index contributed by atoms with van der Waals surface area (Å²) in [6.45, 7) is 6.07. The Labute approximate surface area is 154 Å². The number of aromatic nitrogens is 2. The fourth-order valence-corrected chi connectivity index (χ4v) is 2.59. The van der Waals surface area contributed by atoms with Gasteiger partial charge in [-0.2, -0.15) is 0 Å². The minimum atomic E-state index is -0.354. The van der Waals surface area contributed by atoms with Gasteiger partial charge in [0.1, 0.15) is 11.5 Å². The molecule has 7 nitrogen and oxygen atoms in total. The number of rotatable bonds is 9. The van der Waals surface area contributed by atoms with E-state index in [0.29, 0.717) is 17.2 Å². The van der Waals surface area contributed by atoms with Crippen molar-refractivity contribution in [2.24, 2.45) is 0 Å². The molecular weight excluding hydrogens is 332 g/mol. The Balaban J connectivity index is 2.15. The number of methoxy groups -OCH3 is 2. The first kappa shape index (κ1) is 19.5. The molecule has 140 valence electrons. The van der Waals surface area contributed by atoms with Gasteiger partial charge in [0.05, 0.1) is 19.9 Å². The van der Waals surface area contributed by atoms with Crippen molar-refractivity contribution in [3.63, 3.8) is 0 Å². The molecule has 1 aromatic carbocycles. The molecule has 0 atom stereocenters. The maximum atomic E-state index is 12.5. The first-order chi connectivity index (χ1) is 12.6. The van der Waals surface area contributed by atoms with Crippen LogP contribution >= 0.6 is 0 Å². The Bertz CT molecular complexity index is 713. The lowest BCUT2D eigenvalue weighted by Crippen LogP contribution is -2.26. The van der Waals surface area contributed by atoms with Crippen molar-refractivity contribution in [2.75, 3.05) is 37.5 Å². The molecule has 0 radical (unpaired) electrons. The van der Waals surface area contributed by atoms with Crippen molar-refractivity contribution in [1.82, 2.24) is 10.2 Å². The maximum Gasteiger partial charge on any atom is 0.276 e. The monoisotopic (exact) mass is 358 g/mol. The average Bonchev–Trinajstić information content (AvgIpc) is 2.67. The highest BCUT2D eigenvalue weighted by molar-refractivity contribution is 6.03. The van der Waals surface area contributed by atoms with Crippen LogP contribution in [0.5, 0.6) is 11.5 Å². The number of ether oxygens (including phenoxy) is 2. The third-order valence-electron chi connectivity index (χ3n) is 3.85. The van der Waals surface area contributed by atoms with Crippen molar-refractivity contribution >= 4 is 17.4 Å². The van der Waals surface area contributed by atoms with Crippen LogP contribution in [0.15, 0.2) is 30.3 Å². The molecule has 0 aliphatic heterocycles. The Kier molecular flexibility index (Phi) is 7.20.